The number of anilines is 2. The maximum atomic E-state index is 13.9. The number of halogens is 2. The second kappa shape index (κ2) is 11.5. The number of carboxylic acids is 1. The number of imidazole rings is 1. The van der Waals surface area contributed by atoms with Gasteiger partial charge in [-0.05, 0) is 48.2 Å². The second-order valence-corrected chi connectivity index (χ2v) is 13.0. The molecule has 210 valence electrons. The number of thioether (sulfide) groups is 2. The third-order valence-corrected chi connectivity index (χ3v) is 10.5. The van der Waals surface area contributed by atoms with E-state index in [4.69, 9.17) is 23.2 Å². The Morgan fingerprint density at radius 3 is 2.55 bits per heavy atom. The fraction of sp³-hybridized carbons (Fsp3) is 0.393. The van der Waals surface area contributed by atoms with Crippen LogP contribution in [0.25, 0.3) is 0 Å². The van der Waals surface area contributed by atoms with Crippen LogP contribution in [-0.4, -0.2) is 68.2 Å². The van der Waals surface area contributed by atoms with Crippen molar-refractivity contribution in [3.05, 3.63) is 69.5 Å². The third-order valence-electron chi connectivity index (χ3n) is 7.67. The molecule has 1 saturated carbocycles. The molecule has 2 aliphatic heterocycles. The number of para-hydroxylation sites is 2. The van der Waals surface area contributed by atoms with Crippen LogP contribution in [0.3, 0.4) is 0 Å². The highest BCUT2D eigenvalue weighted by Crippen LogP contribution is 2.41. The van der Waals surface area contributed by atoms with Gasteiger partial charge in [0.15, 0.2) is 5.16 Å². The Morgan fingerprint density at radius 2 is 1.82 bits per heavy atom. The van der Waals surface area contributed by atoms with Gasteiger partial charge in [0.1, 0.15) is 5.69 Å². The Bertz CT molecular complexity index is 1460. The number of aromatic carboxylic acids is 1. The Labute approximate surface area is 251 Å². The molecular formula is C28H29Cl2N5O3S2. The van der Waals surface area contributed by atoms with E-state index in [2.05, 4.69) is 33.0 Å². The van der Waals surface area contributed by atoms with E-state index in [0.717, 1.165) is 40.7 Å². The SMILES string of the molecule is Cn1c(C(=O)O)cnc1SCc1cc(Cl)c(CN2CSC[C@H]2C(=O)N2CCN(C3CC3)c3ccccc32)cc1Cl. The van der Waals surface area contributed by atoms with Crippen LogP contribution < -0.4 is 9.80 Å². The molecule has 0 unspecified atom stereocenters. The number of fused-ring (bicyclic) bond motifs is 1. The van der Waals surface area contributed by atoms with Crippen molar-refractivity contribution < 1.29 is 14.7 Å². The van der Waals surface area contributed by atoms with E-state index in [1.54, 1.807) is 23.4 Å². The molecule has 1 aliphatic carbocycles. The molecule has 6 rings (SSSR count). The van der Waals surface area contributed by atoms with Gasteiger partial charge in [-0.2, -0.15) is 0 Å². The fourth-order valence-electron chi connectivity index (χ4n) is 5.37. The molecule has 0 radical (unpaired) electrons. The van der Waals surface area contributed by atoms with E-state index >= 15 is 0 Å². The molecule has 3 aliphatic rings. The van der Waals surface area contributed by atoms with E-state index in [9.17, 15) is 14.7 Å². The van der Waals surface area contributed by atoms with Gasteiger partial charge in [-0.15, -0.1) is 11.8 Å². The monoisotopic (exact) mass is 617 g/mol. The van der Waals surface area contributed by atoms with Crippen LogP contribution >= 0.6 is 46.7 Å². The molecule has 1 saturated heterocycles. The topological polar surface area (TPSA) is 81.9 Å². The number of benzene rings is 2. The van der Waals surface area contributed by atoms with Crippen LogP contribution in [0.4, 0.5) is 11.4 Å². The largest absolute Gasteiger partial charge is 0.477 e. The summed E-state index contributed by atoms with van der Waals surface area (Å²) in [5.41, 5.74) is 4.02. The van der Waals surface area contributed by atoms with Crippen molar-refractivity contribution in [2.75, 3.05) is 34.5 Å². The van der Waals surface area contributed by atoms with Crippen LogP contribution in [0.2, 0.25) is 10.0 Å². The van der Waals surface area contributed by atoms with E-state index in [1.807, 2.05) is 23.1 Å². The zero-order valence-corrected chi connectivity index (χ0v) is 25.1. The van der Waals surface area contributed by atoms with Gasteiger partial charge in [-0.25, -0.2) is 9.78 Å². The van der Waals surface area contributed by atoms with Gasteiger partial charge in [0.2, 0.25) is 5.91 Å². The minimum Gasteiger partial charge on any atom is -0.477 e. The number of hydrogen-bond acceptors (Lipinski definition) is 7. The summed E-state index contributed by atoms with van der Waals surface area (Å²) in [6.45, 7) is 2.09. The smallest absolute Gasteiger partial charge is 0.354 e. The van der Waals surface area contributed by atoms with Crippen LogP contribution in [0.5, 0.6) is 0 Å². The highest BCUT2D eigenvalue weighted by atomic mass is 35.5. The molecular weight excluding hydrogens is 589 g/mol. The molecule has 40 heavy (non-hydrogen) atoms. The lowest BCUT2D eigenvalue weighted by Crippen LogP contribution is -2.52. The van der Waals surface area contributed by atoms with Gasteiger partial charge in [-0.1, -0.05) is 47.1 Å². The van der Waals surface area contributed by atoms with Gasteiger partial charge < -0.3 is 19.5 Å². The Kier molecular flexibility index (Phi) is 7.98. The van der Waals surface area contributed by atoms with Gasteiger partial charge in [0, 0.05) is 60.2 Å². The van der Waals surface area contributed by atoms with Crippen molar-refractivity contribution in [3.8, 4) is 0 Å². The maximum Gasteiger partial charge on any atom is 0.354 e. The standard InChI is InChI=1S/C28H29Cl2N5O3S2/c1-32-24(27(37)38)12-31-28(32)40-14-18-11-20(29)17(10-21(18)30)13-33-16-39-15-25(33)26(36)35-9-8-34(19-6-7-19)22-4-2-3-5-23(22)35/h2-5,10-12,19,25H,6-9,13-16H2,1H3,(H,37,38)/t25-/m0/s1. The molecule has 0 spiro atoms. The number of amides is 1. The van der Waals surface area contributed by atoms with Crippen molar-refractivity contribution in [2.45, 2.75) is 42.4 Å². The van der Waals surface area contributed by atoms with Crippen LogP contribution in [-0.2, 0) is 24.1 Å². The molecule has 8 nitrogen and oxygen atoms in total. The van der Waals surface area contributed by atoms with E-state index in [1.165, 1.54) is 30.8 Å². The Balaban J connectivity index is 1.15. The van der Waals surface area contributed by atoms with Crippen molar-refractivity contribution in [1.82, 2.24) is 14.5 Å². The number of hydrogen-bond donors (Lipinski definition) is 1. The molecule has 2 aromatic carbocycles. The number of carbonyl (C=O) groups excluding carboxylic acids is 1. The average molecular weight is 619 g/mol. The Hall–Kier alpha value is -2.37. The van der Waals surface area contributed by atoms with Gasteiger partial charge >= 0.3 is 5.97 Å². The summed E-state index contributed by atoms with van der Waals surface area (Å²) >= 11 is 16.6. The lowest BCUT2D eigenvalue weighted by Gasteiger charge is -2.39. The minimum atomic E-state index is -1.02. The van der Waals surface area contributed by atoms with E-state index in [0.29, 0.717) is 40.1 Å². The first-order valence-corrected chi connectivity index (χ1v) is 16.0. The summed E-state index contributed by atoms with van der Waals surface area (Å²) in [6, 6.07) is 12.4. The number of carboxylic acid groups (broad SMARTS) is 1. The first kappa shape index (κ1) is 27.8. The predicted octanol–water partition coefficient (Wildman–Crippen LogP) is 5.61. The van der Waals surface area contributed by atoms with Crippen molar-refractivity contribution >= 4 is 70.0 Å². The summed E-state index contributed by atoms with van der Waals surface area (Å²) in [5.74, 6) is 1.10. The second-order valence-electron chi connectivity index (χ2n) is 10.3. The lowest BCUT2D eigenvalue weighted by molar-refractivity contribution is -0.122. The van der Waals surface area contributed by atoms with Gasteiger partial charge in [-0.3, -0.25) is 9.69 Å². The van der Waals surface area contributed by atoms with Crippen LogP contribution in [0.15, 0.2) is 47.8 Å². The van der Waals surface area contributed by atoms with Gasteiger partial charge in [0.05, 0.1) is 23.6 Å². The zero-order valence-electron chi connectivity index (χ0n) is 21.9. The molecule has 1 atom stereocenters. The normalized spacial score (nSPS) is 19.2. The molecule has 1 N–H and O–H groups in total. The summed E-state index contributed by atoms with van der Waals surface area (Å²) in [7, 11) is 1.67. The van der Waals surface area contributed by atoms with Crippen LogP contribution in [0, 0.1) is 0 Å². The third kappa shape index (κ3) is 5.44. The molecule has 3 aromatic rings. The predicted molar refractivity (Wildman–Crippen MR) is 162 cm³/mol. The molecule has 1 aromatic heterocycles. The number of aromatic nitrogens is 2. The van der Waals surface area contributed by atoms with E-state index in [-0.39, 0.29) is 17.6 Å². The molecule has 12 heteroatoms. The highest BCUT2D eigenvalue weighted by molar-refractivity contribution is 7.99. The summed E-state index contributed by atoms with van der Waals surface area (Å²) in [6.07, 6.45) is 3.80. The molecule has 1 amide bonds. The Morgan fingerprint density at radius 1 is 1.10 bits per heavy atom. The van der Waals surface area contributed by atoms with E-state index < -0.39 is 5.97 Å². The first-order chi connectivity index (χ1) is 19.3. The minimum absolute atomic E-state index is 0.128. The summed E-state index contributed by atoms with van der Waals surface area (Å²) in [5, 5.41) is 11.0. The number of rotatable bonds is 8. The zero-order chi connectivity index (χ0) is 28.0. The van der Waals surface area contributed by atoms with Crippen molar-refractivity contribution in [1.29, 1.82) is 0 Å². The highest BCUT2D eigenvalue weighted by Gasteiger charge is 2.40. The summed E-state index contributed by atoms with van der Waals surface area (Å²) < 4.78 is 1.54. The van der Waals surface area contributed by atoms with Crippen molar-refractivity contribution in [3.63, 3.8) is 0 Å². The van der Waals surface area contributed by atoms with Gasteiger partial charge in [0.25, 0.3) is 0 Å². The molecule has 0 bridgehead atoms. The first-order valence-electron chi connectivity index (χ1n) is 13.1. The molecule has 3 heterocycles. The number of nitrogens with zero attached hydrogens (tertiary/aromatic N) is 5. The lowest BCUT2D eigenvalue weighted by atomic mass is 10.1. The fourth-order valence-corrected chi connectivity index (χ4v) is 8.07. The van der Waals surface area contributed by atoms with Crippen LogP contribution in [0.1, 0.15) is 34.5 Å². The average Bonchev–Trinajstić information content (AvgIpc) is 3.57. The molecule has 2 fully saturated rings. The quantitative estimate of drug-likeness (QED) is 0.327. The number of carbonyl (C=O) groups is 2. The maximum absolute atomic E-state index is 13.9. The van der Waals surface area contributed by atoms with Crippen molar-refractivity contribution in [2.24, 2.45) is 7.05 Å². The summed E-state index contributed by atoms with van der Waals surface area (Å²) in [4.78, 5) is 36.0.